The average Bonchev–Trinajstić information content (AvgIpc) is 2.99. The summed E-state index contributed by atoms with van der Waals surface area (Å²) in [5, 5.41) is 13.6. The molecule has 152 valence electrons. The lowest BCUT2D eigenvalue weighted by molar-refractivity contribution is -0.00522. The summed E-state index contributed by atoms with van der Waals surface area (Å²) in [4.78, 5) is 13.9. The van der Waals surface area contributed by atoms with Crippen molar-refractivity contribution < 1.29 is 14.6 Å². The zero-order valence-corrected chi connectivity index (χ0v) is 17.3. The molecule has 6 nitrogen and oxygen atoms in total. The highest BCUT2D eigenvalue weighted by molar-refractivity contribution is 6.04. The molecule has 1 aromatic heterocycles. The summed E-state index contributed by atoms with van der Waals surface area (Å²) >= 11 is 0. The number of ether oxygens (including phenoxy) is 1. The molecule has 2 unspecified atom stereocenters. The Kier molecular flexibility index (Phi) is 4.96. The highest BCUT2D eigenvalue weighted by Crippen LogP contribution is 2.30. The second-order valence-corrected chi connectivity index (χ2v) is 7.98. The monoisotopic (exact) mass is 393 g/mol. The Balaban J connectivity index is 1.60. The number of nitrogens with zero attached hydrogens (tertiary/aromatic N) is 2. The highest BCUT2D eigenvalue weighted by atomic mass is 16.5. The molecule has 1 aliphatic heterocycles. The first-order valence-electron chi connectivity index (χ1n) is 9.92. The van der Waals surface area contributed by atoms with E-state index < -0.39 is 5.97 Å². The van der Waals surface area contributed by atoms with Gasteiger partial charge in [0.2, 0.25) is 0 Å². The number of hydrogen-bond donors (Lipinski definition) is 2. The predicted molar refractivity (Wildman–Crippen MR) is 117 cm³/mol. The standard InChI is InChI=1S/C23H27N3O3/c1-14-9-18(26-11-15(2)29-16(3)12-26)6-7-21(14)24-17-5-8-22-19(10-17)20(23(27)28)13-25(22)4/h5-10,13,15-16,24H,11-12H2,1-4H3,(H,27,28). The summed E-state index contributed by atoms with van der Waals surface area (Å²) < 4.78 is 7.68. The van der Waals surface area contributed by atoms with Gasteiger partial charge in [0.1, 0.15) is 0 Å². The van der Waals surface area contributed by atoms with Crippen LogP contribution in [0.2, 0.25) is 0 Å². The third-order valence-electron chi connectivity index (χ3n) is 5.49. The minimum atomic E-state index is -0.915. The largest absolute Gasteiger partial charge is 0.478 e. The van der Waals surface area contributed by atoms with Crippen molar-refractivity contribution in [3.05, 3.63) is 53.7 Å². The molecule has 3 aromatic rings. The molecule has 0 saturated carbocycles. The number of anilines is 3. The van der Waals surface area contributed by atoms with Gasteiger partial charge in [-0.05, 0) is 62.7 Å². The Hall–Kier alpha value is -2.99. The summed E-state index contributed by atoms with van der Waals surface area (Å²) in [6.07, 6.45) is 2.09. The van der Waals surface area contributed by atoms with Crippen LogP contribution in [-0.2, 0) is 11.8 Å². The van der Waals surface area contributed by atoms with Gasteiger partial charge in [-0.1, -0.05) is 0 Å². The zero-order valence-electron chi connectivity index (χ0n) is 17.3. The summed E-state index contributed by atoms with van der Waals surface area (Å²) in [6, 6.07) is 12.2. The van der Waals surface area contributed by atoms with E-state index in [2.05, 4.69) is 49.2 Å². The van der Waals surface area contributed by atoms with E-state index in [1.165, 1.54) is 5.69 Å². The normalized spacial score (nSPS) is 19.5. The first kappa shape index (κ1) is 19.3. The van der Waals surface area contributed by atoms with Gasteiger partial charge in [-0.3, -0.25) is 0 Å². The van der Waals surface area contributed by atoms with Crippen LogP contribution >= 0.6 is 0 Å². The van der Waals surface area contributed by atoms with Gasteiger partial charge < -0.3 is 24.6 Å². The lowest BCUT2D eigenvalue weighted by atomic mass is 10.1. The number of aryl methyl sites for hydroxylation is 2. The first-order chi connectivity index (χ1) is 13.8. The van der Waals surface area contributed by atoms with Crippen LogP contribution in [0.4, 0.5) is 17.1 Å². The molecule has 2 atom stereocenters. The van der Waals surface area contributed by atoms with Crippen LogP contribution in [0.15, 0.2) is 42.6 Å². The first-order valence-corrected chi connectivity index (χ1v) is 9.92. The second kappa shape index (κ2) is 7.44. The molecule has 1 fully saturated rings. The van der Waals surface area contributed by atoms with Crippen LogP contribution in [0, 0.1) is 6.92 Å². The van der Waals surface area contributed by atoms with E-state index >= 15 is 0 Å². The molecule has 2 N–H and O–H groups in total. The van der Waals surface area contributed by atoms with E-state index in [0.29, 0.717) is 5.56 Å². The third kappa shape index (κ3) is 3.80. The number of carbonyl (C=O) groups is 1. The van der Waals surface area contributed by atoms with Crippen LogP contribution in [-0.4, -0.2) is 40.9 Å². The number of hydrogen-bond acceptors (Lipinski definition) is 4. The number of fused-ring (bicyclic) bond motifs is 1. The van der Waals surface area contributed by atoms with Gasteiger partial charge in [0, 0.05) is 54.3 Å². The van der Waals surface area contributed by atoms with E-state index in [0.717, 1.165) is 40.9 Å². The number of carboxylic acids is 1. The molecule has 0 amide bonds. The Morgan fingerprint density at radius 1 is 1.14 bits per heavy atom. The van der Waals surface area contributed by atoms with Crippen molar-refractivity contribution in [1.82, 2.24) is 4.57 Å². The molecule has 1 aliphatic rings. The molecule has 0 spiro atoms. The molecule has 0 aliphatic carbocycles. The fourth-order valence-electron chi connectivity index (χ4n) is 4.17. The van der Waals surface area contributed by atoms with E-state index in [4.69, 9.17) is 4.74 Å². The fraction of sp³-hybridized carbons (Fsp3) is 0.348. The minimum Gasteiger partial charge on any atom is -0.478 e. The number of benzene rings is 2. The van der Waals surface area contributed by atoms with Crippen LogP contribution in [0.3, 0.4) is 0 Å². The van der Waals surface area contributed by atoms with Crippen molar-refractivity contribution in [2.24, 2.45) is 7.05 Å². The fourth-order valence-corrected chi connectivity index (χ4v) is 4.17. The molecule has 0 radical (unpaired) electrons. The Bertz CT molecular complexity index is 1060. The molecule has 6 heteroatoms. The lowest BCUT2D eigenvalue weighted by Crippen LogP contribution is -2.45. The Labute approximate surface area is 170 Å². The van der Waals surface area contributed by atoms with E-state index in [9.17, 15) is 9.90 Å². The zero-order chi connectivity index (χ0) is 20.7. The van der Waals surface area contributed by atoms with Crippen molar-refractivity contribution >= 4 is 33.9 Å². The number of morpholine rings is 1. The maximum absolute atomic E-state index is 11.5. The molecule has 29 heavy (non-hydrogen) atoms. The summed E-state index contributed by atoms with van der Waals surface area (Å²) in [5.74, 6) is -0.915. The minimum absolute atomic E-state index is 0.220. The maximum atomic E-state index is 11.5. The van der Waals surface area contributed by atoms with Crippen molar-refractivity contribution in [1.29, 1.82) is 0 Å². The number of carboxylic acid groups (broad SMARTS) is 1. The maximum Gasteiger partial charge on any atom is 0.337 e. The van der Waals surface area contributed by atoms with E-state index in [1.807, 2.05) is 29.8 Å². The van der Waals surface area contributed by atoms with Crippen LogP contribution in [0.1, 0.15) is 29.8 Å². The molecule has 0 bridgehead atoms. The van der Waals surface area contributed by atoms with Gasteiger partial charge in [0.25, 0.3) is 0 Å². The van der Waals surface area contributed by atoms with Crippen LogP contribution in [0.25, 0.3) is 10.9 Å². The number of nitrogens with one attached hydrogen (secondary N) is 1. The van der Waals surface area contributed by atoms with E-state index in [-0.39, 0.29) is 12.2 Å². The second-order valence-electron chi connectivity index (χ2n) is 7.98. The average molecular weight is 393 g/mol. The quantitative estimate of drug-likeness (QED) is 0.681. The highest BCUT2D eigenvalue weighted by Gasteiger charge is 2.22. The third-order valence-corrected chi connectivity index (χ3v) is 5.49. The van der Waals surface area contributed by atoms with Crippen molar-refractivity contribution in [3.63, 3.8) is 0 Å². The summed E-state index contributed by atoms with van der Waals surface area (Å²) in [7, 11) is 1.86. The van der Waals surface area contributed by atoms with Crippen LogP contribution < -0.4 is 10.2 Å². The van der Waals surface area contributed by atoms with Gasteiger partial charge >= 0.3 is 5.97 Å². The van der Waals surface area contributed by atoms with Crippen molar-refractivity contribution in [3.8, 4) is 0 Å². The molecule has 2 aromatic carbocycles. The molecule has 1 saturated heterocycles. The van der Waals surface area contributed by atoms with Gasteiger partial charge in [-0.15, -0.1) is 0 Å². The summed E-state index contributed by atoms with van der Waals surface area (Å²) in [5.41, 5.74) is 5.43. The predicted octanol–water partition coefficient (Wildman–Crippen LogP) is 4.54. The summed E-state index contributed by atoms with van der Waals surface area (Å²) in [6.45, 7) is 8.08. The Morgan fingerprint density at radius 3 is 2.52 bits per heavy atom. The number of aromatic carboxylic acids is 1. The lowest BCUT2D eigenvalue weighted by Gasteiger charge is -2.37. The molecular formula is C23H27N3O3. The molecule has 2 heterocycles. The van der Waals surface area contributed by atoms with Gasteiger partial charge in [0.15, 0.2) is 0 Å². The van der Waals surface area contributed by atoms with Crippen molar-refractivity contribution in [2.45, 2.75) is 33.0 Å². The van der Waals surface area contributed by atoms with Crippen molar-refractivity contribution in [2.75, 3.05) is 23.3 Å². The Morgan fingerprint density at radius 2 is 1.86 bits per heavy atom. The molecular weight excluding hydrogens is 366 g/mol. The smallest absolute Gasteiger partial charge is 0.337 e. The SMILES string of the molecule is Cc1cc(N2CC(C)OC(C)C2)ccc1Nc1ccc2c(c1)c(C(=O)O)cn2C. The van der Waals surface area contributed by atoms with Gasteiger partial charge in [-0.25, -0.2) is 4.79 Å². The van der Waals surface area contributed by atoms with Gasteiger partial charge in [-0.2, -0.15) is 0 Å². The van der Waals surface area contributed by atoms with E-state index in [1.54, 1.807) is 6.20 Å². The van der Waals surface area contributed by atoms with Crippen LogP contribution in [0.5, 0.6) is 0 Å². The topological polar surface area (TPSA) is 66.7 Å². The number of aromatic nitrogens is 1. The molecule has 4 rings (SSSR count). The van der Waals surface area contributed by atoms with Gasteiger partial charge in [0.05, 0.1) is 17.8 Å². The number of rotatable bonds is 4.